The zero-order valence-corrected chi connectivity index (χ0v) is 22.3. The number of rotatable bonds is 6. The van der Waals surface area contributed by atoms with Crippen LogP contribution in [0, 0.1) is 5.82 Å². The molecule has 1 amide bonds. The van der Waals surface area contributed by atoms with E-state index in [0.29, 0.717) is 10.2 Å². The first kappa shape index (κ1) is 26.1. The first-order valence-corrected chi connectivity index (χ1v) is 14.2. The molecular weight excluding hydrogens is 527 g/mol. The van der Waals surface area contributed by atoms with Gasteiger partial charge >= 0.3 is 0 Å². The van der Waals surface area contributed by atoms with E-state index in [1.54, 1.807) is 6.07 Å². The van der Waals surface area contributed by atoms with Crippen molar-refractivity contribution < 1.29 is 22.3 Å². The third kappa shape index (κ3) is 5.51. The standard InChI is InChI=1S/C27H25FN4O4S2/c1-18-16-31(17-19(2)36-18)38(34,35)23-11-8-21(9-12-23)26(33)32(29-15-20-6-4-3-5-7-20)27-30-24-13-10-22(28)14-25(24)37-27/h3-15,18-19H,16-17H2,1-2H3/b29-15+. The van der Waals surface area contributed by atoms with Crippen LogP contribution in [0.5, 0.6) is 0 Å². The van der Waals surface area contributed by atoms with Crippen LogP contribution in [-0.2, 0) is 14.8 Å². The Kier molecular flexibility index (Phi) is 7.35. The van der Waals surface area contributed by atoms with Crippen molar-refractivity contribution in [3.05, 3.63) is 89.7 Å². The summed E-state index contributed by atoms with van der Waals surface area (Å²) in [6.07, 6.45) is 1.10. The van der Waals surface area contributed by atoms with Gasteiger partial charge in [0.25, 0.3) is 5.91 Å². The lowest BCUT2D eigenvalue weighted by Crippen LogP contribution is -2.48. The molecule has 0 N–H and O–H groups in total. The van der Waals surface area contributed by atoms with E-state index in [4.69, 9.17) is 4.74 Å². The molecule has 196 valence electrons. The number of ether oxygens (including phenoxy) is 1. The topological polar surface area (TPSA) is 92.2 Å². The summed E-state index contributed by atoms with van der Waals surface area (Å²) < 4.78 is 47.8. The number of hydrogen-bond acceptors (Lipinski definition) is 7. The summed E-state index contributed by atoms with van der Waals surface area (Å²) >= 11 is 1.13. The third-order valence-electron chi connectivity index (χ3n) is 5.96. The van der Waals surface area contributed by atoms with Crippen molar-refractivity contribution in [2.24, 2.45) is 5.10 Å². The van der Waals surface area contributed by atoms with Crippen LogP contribution in [0.1, 0.15) is 29.8 Å². The van der Waals surface area contributed by atoms with Crippen LogP contribution in [0.25, 0.3) is 10.2 Å². The number of thiazole rings is 1. The maximum Gasteiger partial charge on any atom is 0.280 e. The largest absolute Gasteiger partial charge is 0.373 e. The van der Waals surface area contributed by atoms with E-state index in [-0.39, 0.29) is 40.9 Å². The van der Waals surface area contributed by atoms with Crippen LogP contribution >= 0.6 is 11.3 Å². The summed E-state index contributed by atoms with van der Waals surface area (Å²) in [7, 11) is -3.76. The van der Waals surface area contributed by atoms with Crippen LogP contribution in [0.15, 0.2) is 82.8 Å². The molecule has 0 radical (unpaired) electrons. The summed E-state index contributed by atoms with van der Waals surface area (Å²) in [5, 5.41) is 5.80. The highest BCUT2D eigenvalue weighted by Gasteiger charge is 2.32. The number of carbonyl (C=O) groups is 1. The predicted octanol–water partition coefficient (Wildman–Crippen LogP) is 4.91. The minimum absolute atomic E-state index is 0.0881. The van der Waals surface area contributed by atoms with Gasteiger partial charge in [0, 0.05) is 18.7 Å². The molecule has 0 saturated carbocycles. The second kappa shape index (κ2) is 10.7. The molecule has 1 saturated heterocycles. The minimum atomic E-state index is -3.76. The number of sulfonamides is 1. The number of fused-ring (bicyclic) bond motifs is 1. The molecule has 1 aliphatic rings. The Morgan fingerprint density at radius 1 is 1.08 bits per heavy atom. The molecule has 1 aromatic heterocycles. The molecule has 1 fully saturated rings. The van der Waals surface area contributed by atoms with Gasteiger partial charge in [0.2, 0.25) is 15.2 Å². The fraction of sp³-hybridized carbons (Fsp3) is 0.222. The van der Waals surface area contributed by atoms with Crippen molar-refractivity contribution in [2.75, 3.05) is 18.1 Å². The maximum absolute atomic E-state index is 13.8. The smallest absolute Gasteiger partial charge is 0.280 e. The quantitative estimate of drug-likeness (QED) is 0.250. The molecule has 38 heavy (non-hydrogen) atoms. The number of carbonyl (C=O) groups excluding carboxylic acids is 1. The number of amides is 1. The summed E-state index contributed by atoms with van der Waals surface area (Å²) in [4.78, 5) is 18.1. The number of aromatic nitrogens is 1. The summed E-state index contributed by atoms with van der Waals surface area (Å²) in [6.45, 7) is 4.18. The van der Waals surface area contributed by atoms with Crippen molar-refractivity contribution in [2.45, 2.75) is 31.0 Å². The monoisotopic (exact) mass is 552 g/mol. The van der Waals surface area contributed by atoms with Gasteiger partial charge in [-0.1, -0.05) is 41.7 Å². The zero-order chi connectivity index (χ0) is 26.9. The average molecular weight is 553 g/mol. The molecule has 3 aromatic carbocycles. The fourth-order valence-electron chi connectivity index (χ4n) is 4.20. The lowest BCUT2D eigenvalue weighted by atomic mass is 10.2. The molecule has 2 unspecified atom stereocenters. The van der Waals surface area contributed by atoms with Gasteiger partial charge < -0.3 is 4.74 Å². The van der Waals surface area contributed by atoms with Crippen molar-refractivity contribution >= 4 is 48.8 Å². The van der Waals surface area contributed by atoms with Crippen molar-refractivity contribution in [1.29, 1.82) is 0 Å². The Morgan fingerprint density at radius 3 is 2.45 bits per heavy atom. The van der Waals surface area contributed by atoms with E-state index in [1.807, 2.05) is 44.2 Å². The van der Waals surface area contributed by atoms with Crippen LogP contribution < -0.4 is 5.01 Å². The van der Waals surface area contributed by atoms with Crippen molar-refractivity contribution in [3.8, 4) is 0 Å². The zero-order valence-electron chi connectivity index (χ0n) is 20.7. The SMILES string of the molecule is CC1CN(S(=O)(=O)c2ccc(C(=O)N(/N=C/c3ccccc3)c3nc4ccc(F)cc4s3)cc2)CC(C)O1. The van der Waals surface area contributed by atoms with Gasteiger partial charge in [0.15, 0.2) is 0 Å². The normalized spacial score (nSPS) is 18.7. The summed E-state index contributed by atoms with van der Waals surface area (Å²) in [5.41, 5.74) is 1.53. The lowest BCUT2D eigenvalue weighted by molar-refractivity contribution is -0.0440. The van der Waals surface area contributed by atoms with Crippen LogP contribution in [0.3, 0.4) is 0 Å². The Hall–Kier alpha value is -3.51. The third-order valence-corrected chi connectivity index (χ3v) is 8.80. The van der Waals surface area contributed by atoms with Gasteiger partial charge in [-0.05, 0) is 61.9 Å². The Balaban J connectivity index is 1.46. The lowest BCUT2D eigenvalue weighted by Gasteiger charge is -2.34. The molecule has 11 heteroatoms. The Labute approximate surface area is 224 Å². The number of halogens is 1. The molecule has 2 heterocycles. The van der Waals surface area contributed by atoms with E-state index in [0.717, 1.165) is 21.9 Å². The van der Waals surface area contributed by atoms with Gasteiger partial charge in [-0.3, -0.25) is 4.79 Å². The predicted molar refractivity (Wildman–Crippen MR) is 146 cm³/mol. The number of benzene rings is 3. The molecule has 0 aliphatic carbocycles. The Bertz CT molecular complexity index is 1580. The van der Waals surface area contributed by atoms with Gasteiger partial charge in [0.1, 0.15) is 5.82 Å². The van der Waals surface area contributed by atoms with E-state index < -0.39 is 21.7 Å². The van der Waals surface area contributed by atoms with Crippen LogP contribution in [0.2, 0.25) is 0 Å². The number of anilines is 1. The summed E-state index contributed by atoms with van der Waals surface area (Å²) in [6, 6.07) is 19.2. The first-order valence-electron chi connectivity index (χ1n) is 12.0. The molecule has 0 spiro atoms. The summed E-state index contributed by atoms with van der Waals surface area (Å²) in [5.74, 6) is -0.909. The van der Waals surface area contributed by atoms with Crippen molar-refractivity contribution in [3.63, 3.8) is 0 Å². The van der Waals surface area contributed by atoms with Gasteiger partial charge in [-0.25, -0.2) is 17.8 Å². The molecule has 4 aromatic rings. The van der Waals surface area contributed by atoms with Crippen LogP contribution in [0.4, 0.5) is 9.52 Å². The van der Waals surface area contributed by atoms with E-state index in [2.05, 4.69) is 10.1 Å². The fourth-order valence-corrected chi connectivity index (χ4v) is 6.73. The van der Waals surface area contributed by atoms with Gasteiger partial charge in [-0.2, -0.15) is 14.4 Å². The number of hydrazone groups is 1. The molecule has 5 rings (SSSR count). The second-order valence-electron chi connectivity index (χ2n) is 8.98. The molecule has 1 aliphatic heterocycles. The van der Waals surface area contributed by atoms with Crippen molar-refractivity contribution in [1.82, 2.24) is 9.29 Å². The molecule has 8 nitrogen and oxygen atoms in total. The van der Waals surface area contributed by atoms with Gasteiger partial charge in [0.05, 0.1) is 33.5 Å². The highest BCUT2D eigenvalue weighted by atomic mass is 32.2. The average Bonchev–Trinajstić information content (AvgIpc) is 3.31. The highest BCUT2D eigenvalue weighted by Crippen LogP contribution is 2.31. The minimum Gasteiger partial charge on any atom is -0.373 e. The second-order valence-corrected chi connectivity index (χ2v) is 11.9. The first-order chi connectivity index (χ1) is 18.2. The highest BCUT2D eigenvalue weighted by molar-refractivity contribution is 7.89. The van der Waals surface area contributed by atoms with E-state index in [9.17, 15) is 17.6 Å². The molecule has 0 bridgehead atoms. The van der Waals surface area contributed by atoms with Gasteiger partial charge in [-0.15, -0.1) is 0 Å². The molecule has 2 atom stereocenters. The van der Waals surface area contributed by atoms with E-state index in [1.165, 1.54) is 46.9 Å². The van der Waals surface area contributed by atoms with E-state index >= 15 is 0 Å². The van der Waals surface area contributed by atoms with Crippen LogP contribution in [-0.4, -0.2) is 55.1 Å². The number of morpholine rings is 1. The maximum atomic E-state index is 13.8. The number of hydrogen-bond donors (Lipinski definition) is 0. The number of nitrogens with zero attached hydrogens (tertiary/aromatic N) is 4. The Morgan fingerprint density at radius 2 is 1.76 bits per heavy atom. The molecular formula is C27H25FN4O4S2.